The Morgan fingerprint density at radius 3 is 2.39 bits per heavy atom. The minimum absolute atomic E-state index is 0.000415. The molecule has 0 unspecified atom stereocenters. The largest absolute Gasteiger partial charge is 0.451 e. The molecule has 0 amide bonds. The van der Waals surface area contributed by atoms with Gasteiger partial charge in [-0.15, -0.1) is 0 Å². The van der Waals surface area contributed by atoms with Crippen LogP contribution in [0.25, 0.3) is 0 Å². The molecule has 3 heterocycles. The van der Waals surface area contributed by atoms with Crippen molar-refractivity contribution < 1.29 is 21.6 Å². The molecule has 126 valence electrons. The van der Waals surface area contributed by atoms with Crippen LogP contribution in [0.3, 0.4) is 0 Å². The van der Waals surface area contributed by atoms with Gasteiger partial charge in [-0.2, -0.15) is 17.5 Å². The average Bonchev–Trinajstić information content (AvgIpc) is 3.17. The molecule has 2 aliphatic heterocycles. The Labute approximate surface area is 131 Å². The predicted molar refractivity (Wildman–Crippen MR) is 73.1 cm³/mol. The summed E-state index contributed by atoms with van der Waals surface area (Å²) in [5, 5.41) is 3.11. The molecule has 0 aromatic carbocycles. The maximum Gasteiger partial charge on any atom is 0.451 e. The first-order chi connectivity index (χ1) is 10.7. The van der Waals surface area contributed by atoms with Gasteiger partial charge in [-0.05, 0) is 12.8 Å². The van der Waals surface area contributed by atoms with Gasteiger partial charge in [0.2, 0.25) is 15.8 Å². The third-order valence-corrected chi connectivity index (χ3v) is 6.45. The van der Waals surface area contributed by atoms with Gasteiger partial charge in [0, 0.05) is 37.5 Å². The molecule has 3 aliphatic rings. The van der Waals surface area contributed by atoms with Gasteiger partial charge in [0.05, 0.1) is 11.9 Å². The van der Waals surface area contributed by atoms with Crippen LogP contribution in [0.1, 0.15) is 30.3 Å². The lowest BCUT2D eigenvalue weighted by Gasteiger charge is -2.55. The molecular formula is C13H15F3N4O2S. The second kappa shape index (κ2) is 4.64. The molecule has 1 aliphatic carbocycles. The zero-order valence-corrected chi connectivity index (χ0v) is 12.9. The van der Waals surface area contributed by atoms with E-state index in [1.807, 2.05) is 0 Å². The molecule has 0 radical (unpaired) electrons. The van der Waals surface area contributed by atoms with Gasteiger partial charge < -0.3 is 5.32 Å². The summed E-state index contributed by atoms with van der Waals surface area (Å²) in [5.41, 5.74) is 0.0135. The van der Waals surface area contributed by atoms with Crippen molar-refractivity contribution in [3.63, 3.8) is 0 Å². The van der Waals surface area contributed by atoms with Crippen LogP contribution in [-0.2, 0) is 16.2 Å². The summed E-state index contributed by atoms with van der Waals surface area (Å²) in [5.74, 6) is -1.49. The first-order valence-electron chi connectivity index (χ1n) is 7.36. The number of sulfonamides is 1. The van der Waals surface area contributed by atoms with Crippen molar-refractivity contribution in [2.24, 2.45) is 5.41 Å². The van der Waals surface area contributed by atoms with E-state index < -0.39 is 22.0 Å². The number of aromatic nitrogens is 2. The van der Waals surface area contributed by atoms with Gasteiger partial charge >= 0.3 is 6.18 Å². The van der Waals surface area contributed by atoms with Crippen molar-refractivity contribution in [3.8, 4) is 0 Å². The van der Waals surface area contributed by atoms with Crippen LogP contribution in [0.2, 0.25) is 0 Å². The SMILES string of the molecule is O=S(=O)(c1cnc(C(F)(F)F)nc1C1CC1)N1CC2(CNC2)C1. The summed E-state index contributed by atoms with van der Waals surface area (Å²) < 4.78 is 65.0. The summed E-state index contributed by atoms with van der Waals surface area (Å²) in [6.07, 6.45) is -2.54. The number of nitrogens with one attached hydrogen (secondary N) is 1. The molecule has 2 saturated heterocycles. The van der Waals surface area contributed by atoms with E-state index in [9.17, 15) is 21.6 Å². The van der Waals surface area contributed by atoms with E-state index in [1.165, 1.54) is 4.31 Å². The van der Waals surface area contributed by atoms with Crippen molar-refractivity contribution in [1.82, 2.24) is 19.6 Å². The Morgan fingerprint density at radius 1 is 1.26 bits per heavy atom. The van der Waals surface area contributed by atoms with Gasteiger partial charge in [-0.3, -0.25) is 0 Å². The van der Waals surface area contributed by atoms with E-state index in [2.05, 4.69) is 15.3 Å². The fourth-order valence-corrected chi connectivity index (χ4v) is 4.91. The fourth-order valence-electron chi connectivity index (χ4n) is 3.08. The fraction of sp³-hybridized carbons (Fsp3) is 0.692. The number of alkyl halides is 3. The lowest BCUT2D eigenvalue weighted by molar-refractivity contribution is -0.145. The van der Waals surface area contributed by atoms with Crippen LogP contribution < -0.4 is 5.32 Å². The van der Waals surface area contributed by atoms with Crippen molar-refractivity contribution in [3.05, 3.63) is 17.7 Å². The zero-order valence-electron chi connectivity index (χ0n) is 12.1. The summed E-state index contributed by atoms with van der Waals surface area (Å²) in [6, 6.07) is 0. The third-order valence-electron chi connectivity index (χ3n) is 4.64. The molecule has 1 aromatic rings. The van der Waals surface area contributed by atoms with Crippen LogP contribution in [0, 0.1) is 5.41 Å². The lowest BCUT2D eigenvalue weighted by Crippen LogP contribution is -2.71. The smallest absolute Gasteiger partial charge is 0.315 e. The third kappa shape index (κ3) is 2.43. The molecule has 0 bridgehead atoms. The van der Waals surface area contributed by atoms with E-state index in [0.717, 1.165) is 19.3 Å². The second-order valence-corrected chi connectivity index (χ2v) is 8.50. The Balaban J connectivity index is 1.68. The predicted octanol–water partition coefficient (Wildman–Crippen LogP) is 0.967. The normalized spacial score (nSPS) is 24.3. The first-order valence-corrected chi connectivity index (χ1v) is 8.80. The molecule has 4 rings (SSSR count). The number of rotatable bonds is 3. The van der Waals surface area contributed by atoms with E-state index >= 15 is 0 Å². The number of hydrogen-bond donors (Lipinski definition) is 1. The number of nitrogens with zero attached hydrogens (tertiary/aromatic N) is 3. The van der Waals surface area contributed by atoms with Crippen LogP contribution in [-0.4, -0.2) is 48.9 Å². The number of hydrogen-bond acceptors (Lipinski definition) is 5. The molecule has 1 N–H and O–H groups in total. The molecule has 3 fully saturated rings. The summed E-state index contributed by atoms with van der Waals surface area (Å²) in [7, 11) is -3.83. The quantitative estimate of drug-likeness (QED) is 0.881. The van der Waals surface area contributed by atoms with E-state index in [1.54, 1.807) is 0 Å². The van der Waals surface area contributed by atoms with E-state index in [-0.39, 0.29) is 21.9 Å². The van der Waals surface area contributed by atoms with Crippen molar-refractivity contribution >= 4 is 10.0 Å². The summed E-state index contributed by atoms with van der Waals surface area (Å²) in [4.78, 5) is 6.60. The minimum Gasteiger partial charge on any atom is -0.315 e. The highest BCUT2D eigenvalue weighted by atomic mass is 32.2. The highest BCUT2D eigenvalue weighted by Crippen LogP contribution is 2.45. The molecule has 10 heteroatoms. The Bertz CT molecular complexity index is 749. The monoisotopic (exact) mass is 348 g/mol. The molecule has 23 heavy (non-hydrogen) atoms. The van der Waals surface area contributed by atoms with Crippen LogP contribution in [0.15, 0.2) is 11.1 Å². The topological polar surface area (TPSA) is 75.2 Å². The lowest BCUT2D eigenvalue weighted by atomic mass is 9.76. The standard InChI is InChI=1S/C13H15F3N4O2S/c14-13(15,16)11-18-3-9(10(19-11)8-1-2-8)23(21,22)20-6-12(7-20)4-17-5-12/h3,8,17H,1-2,4-7H2. The van der Waals surface area contributed by atoms with Gasteiger partial charge in [-0.1, -0.05) is 0 Å². The van der Waals surface area contributed by atoms with Gasteiger partial charge in [0.1, 0.15) is 4.90 Å². The highest BCUT2D eigenvalue weighted by Gasteiger charge is 2.53. The van der Waals surface area contributed by atoms with Gasteiger partial charge in [0.15, 0.2) is 0 Å². The molecular weight excluding hydrogens is 333 g/mol. The Morgan fingerprint density at radius 2 is 1.91 bits per heavy atom. The van der Waals surface area contributed by atoms with Crippen LogP contribution >= 0.6 is 0 Å². The van der Waals surface area contributed by atoms with Gasteiger partial charge in [-0.25, -0.2) is 18.4 Å². The Hall–Kier alpha value is -1.26. The van der Waals surface area contributed by atoms with E-state index in [0.29, 0.717) is 25.9 Å². The molecule has 1 saturated carbocycles. The minimum atomic E-state index is -4.68. The van der Waals surface area contributed by atoms with E-state index in [4.69, 9.17) is 0 Å². The molecule has 1 spiro atoms. The second-order valence-electron chi connectivity index (χ2n) is 6.59. The molecule has 6 nitrogen and oxygen atoms in total. The first kappa shape index (κ1) is 15.3. The van der Waals surface area contributed by atoms with Gasteiger partial charge in [0.25, 0.3) is 0 Å². The summed E-state index contributed by atoms with van der Waals surface area (Å²) in [6.45, 7) is 2.34. The highest BCUT2D eigenvalue weighted by molar-refractivity contribution is 7.89. The van der Waals surface area contributed by atoms with Crippen molar-refractivity contribution in [2.45, 2.75) is 29.8 Å². The summed E-state index contributed by atoms with van der Waals surface area (Å²) >= 11 is 0. The Kier molecular flexibility index (Phi) is 3.08. The van der Waals surface area contributed by atoms with Crippen molar-refractivity contribution in [1.29, 1.82) is 0 Å². The van der Waals surface area contributed by atoms with Crippen molar-refractivity contribution in [2.75, 3.05) is 26.2 Å². The average molecular weight is 348 g/mol. The maximum atomic E-state index is 12.8. The van der Waals surface area contributed by atoms with Crippen LogP contribution in [0.5, 0.6) is 0 Å². The molecule has 1 aromatic heterocycles. The maximum absolute atomic E-state index is 12.8. The zero-order chi connectivity index (χ0) is 16.5. The number of halogens is 3. The molecule has 0 atom stereocenters. The van der Waals surface area contributed by atoms with Crippen LogP contribution in [0.4, 0.5) is 13.2 Å².